The maximum absolute atomic E-state index is 10.6. The minimum Gasteiger partial charge on any atom is -0.258 e. The molecule has 6 heteroatoms. The van der Waals surface area contributed by atoms with Gasteiger partial charge in [0.2, 0.25) is 5.15 Å². The predicted octanol–water partition coefficient (Wildman–Crippen LogP) is 2.70. The molecule has 1 heterocycles. The first-order valence-corrected chi connectivity index (χ1v) is 5.42. The third-order valence-electron chi connectivity index (χ3n) is 1.63. The topological polar surface area (TPSA) is 56.0 Å². The van der Waals surface area contributed by atoms with Crippen LogP contribution in [0.4, 0.5) is 5.69 Å². The largest absolute Gasteiger partial charge is 0.307 e. The van der Waals surface area contributed by atoms with Crippen LogP contribution >= 0.6 is 27.5 Å². The molecule has 1 aromatic rings. The summed E-state index contributed by atoms with van der Waals surface area (Å²) in [6.45, 7) is 1.70. The van der Waals surface area contributed by atoms with Gasteiger partial charge in [0.05, 0.1) is 21.5 Å². The number of halogens is 2. The monoisotopic (exact) mass is 288 g/mol. The van der Waals surface area contributed by atoms with Crippen LogP contribution in [-0.2, 0) is 0 Å². The Bertz CT molecular complexity index is 465. The summed E-state index contributed by atoms with van der Waals surface area (Å²) in [6, 6.07) is 1.33. The molecule has 0 aliphatic carbocycles. The molecule has 1 aromatic heterocycles. The van der Waals surface area contributed by atoms with E-state index in [-0.39, 0.29) is 10.8 Å². The van der Waals surface area contributed by atoms with Crippen LogP contribution in [0.25, 0.3) is 0 Å². The normalized spacial score (nSPS) is 9.27. The summed E-state index contributed by atoms with van der Waals surface area (Å²) >= 11 is 8.76. The van der Waals surface area contributed by atoms with E-state index < -0.39 is 4.92 Å². The smallest absolute Gasteiger partial charge is 0.258 e. The highest BCUT2D eigenvalue weighted by Crippen LogP contribution is 2.24. The Morgan fingerprint density at radius 3 is 2.93 bits per heavy atom. The summed E-state index contributed by atoms with van der Waals surface area (Å²) in [5, 5.41) is 11.0. The summed E-state index contributed by atoms with van der Waals surface area (Å²) < 4.78 is 0. The van der Waals surface area contributed by atoms with Crippen LogP contribution in [0.3, 0.4) is 0 Å². The van der Waals surface area contributed by atoms with Crippen LogP contribution in [0.15, 0.2) is 6.07 Å². The highest BCUT2D eigenvalue weighted by atomic mass is 79.9. The van der Waals surface area contributed by atoms with Gasteiger partial charge in [-0.1, -0.05) is 39.4 Å². The number of nitro groups is 1. The second-order valence-electron chi connectivity index (χ2n) is 2.62. The van der Waals surface area contributed by atoms with Crippen LogP contribution in [-0.4, -0.2) is 15.2 Å². The molecule has 0 aliphatic heterocycles. The van der Waals surface area contributed by atoms with Gasteiger partial charge in [-0.25, -0.2) is 4.98 Å². The van der Waals surface area contributed by atoms with Gasteiger partial charge < -0.3 is 0 Å². The molecule has 0 aliphatic rings. The first kappa shape index (κ1) is 12.0. The number of hydrogen-bond acceptors (Lipinski definition) is 3. The lowest BCUT2D eigenvalue weighted by Gasteiger charge is -1.99. The molecule has 0 unspecified atom stereocenters. The van der Waals surface area contributed by atoms with Crippen LogP contribution in [0.5, 0.6) is 0 Å². The average Bonchev–Trinajstić information content (AvgIpc) is 2.16. The van der Waals surface area contributed by atoms with E-state index in [9.17, 15) is 10.1 Å². The van der Waals surface area contributed by atoms with Gasteiger partial charge in [0, 0.05) is 6.07 Å². The molecule has 0 atom stereocenters. The van der Waals surface area contributed by atoms with Gasteiger partial charge in [-0.3, -0.25) is 10.1 Å². The molecule has 0 spiro atoms. The Labute approximate surface area is 99.9 Å². The van der Waals surface area contributed by atoms with Gasteiger partial charge in [-0.05, 0) is 6.92 Å². The van der Waals surface area contributed by atoms with Crippen molar-refractivity contribution in [1.82, 2.24) is 4.98 Å². The van der Waals surface area contributed by atoms with E-state index in [2.05, 4.69) is 32.8 Å². The van der Waals surface area contributed by atoms with Gasteiger partial charge in [0.1, 0.15) is 0 Å². The quantitative estimate of drug-likeness (QED) is 0.263. The summed E-state index contributed by atoms with van der Waals surface area (Å²) in [5.41, 5.74) is 0.880. The number of aromatic nitrogens is 1. The van der Waals surface area contributed by atoms with Crippen molar-refractivity contribution >= 4 is 33.2 Å². The van der Waals surface area contributed by atoms with Crippen molar-refractivity contribution in [3.8, 4) is 11.8 Å². The zero-order chi connectivity index (χ0) is 11.4. The van der Waals surface area contributed by atoms with Crippen LogP contribution in [0, 0.1) is 28.9 Å². The molecular weight excluding hydrogens is 283 g/mol. The lowest BCUT2D eigenvalue weighted by atomic mass is 10.2. The molecule has 78 valence electrons. The van der Waals surface area contributed by atoms with Crippen molar-refractivity contribution in [1.29, 1.82) is 0 Å². The molecule has 0 aromatic carbocycles. The molecule has 0 bridgehead atoms. The summed E-state index contributed by atoms with van der Waals surface area (Å²) in [4.78, 5) is 13.9. The van der Waals surface area contributed by atoms with E-state index in [4.69, 9.17) is 11.6 Å². The first-order valence-electron chi connectivity index (χ1n) is 3.92. The number of hydrogen-bond donors (Lipinski definition) is 0. The van der Waals surface area contributed by atoms with Crippen molar-refractivity contribution in [2.24, 2.45) is 0 Å². The Morgan fingerprint density at radius 1 is 1.73 bits per heavy atom. The molecule has 1 rings (SSSR count). The fourth-order valence-electron chi connectivity index (χ4n) is 0.949. The Kier molecular flexibility index (Phi) is 4.06. The summed E-state index contributed by atoms with van der Waals surface area (Å²) in [7, 11) is 0. The number of nitrogens with zero attached hydrogens (tertiary/aromatic N) is 2. The number of pyridine rings is 1. The van der Waals surface area contributed by atoms with E-state index in [0.29, 0.717) is 16.6 Å². The third-order valence-corrected chi connectivity index (χ3v) is 2.19. The molecule has 0 radical (unpaired) electrons. The van der Waals surface area contributed by atoms with E-state index >= 15 is 0 Å². The molecule has 0 amide bonds. The fourth-order valence-corrected chi connectivity index (χ4v) is 1.34. The van der Waals surface area contributed by atoms with Gasteiger partial charge in [-0.2, -0.15) is 0 Å². The molecule has 15 heavy (non-hydrogen) atoms. The molecule has 0 saturated carbocycles. The second kappa shape index (κ2) is 5.10. The minimum atomic E-state index is -0.575. The molecule has 4 nitrogen and oxygen atoms in total. The highest BCUT2D eigenvalue weighted by Gasteiger charge is 2.15. The second-order valence-corrected chi connectivity index (χ2v) is 3.54. The first-order chi connectivity index (χ1) is 7.06. The lowest BCUT2D eigenvalue weighted by Crippen LogP contribution is -1.96. The average molecular weight is 290 g/mol. The fraction of sp³-hybridized carbons (Fsp3) is 0.222. The van der Waals surface area contributed by atoms with Crippen molar-refractivity contribution in [3.05, 3.63) is 32.6 Å². The van der Waals surface area contributed by atoms with Crippen molar-refractivity contribution in [2.75, 3.05) is 5.33 Å². The van der Waals surface area contributed by atoms with Crippen molar-refractivity contribution < 1.29 is 4.92 Å². The Hall–Kier alpha value is -1.12. The van der Waals surface area contributed by atoms with E-state index in [1.807, 2.05) is 0 Å². The SMILES string of the molecule is Cc1nc(Cl)c([N+](=O)[O-])cc1C#CCBr. The van der Waals surface area contributed by atoms with Gasteiger partial charge in [0.15, 0.2) is 0 Å². The molecular formula is C9H6BrClN2O2. The molecule has 0 N–H and O–H groups in total. The van der Waals surface area contributed by atoms with E-state index in [0.717, 1.165) is 0 Å². The molecule has 0 saturated heterocycles. The maximum Gasteiger partial charge on any atom is 0.307 e. The zero-order valence-electron chi connectivity index (χ0n) is 7.75. The highest BCUT2D eigenvalue weighted by molar-refractivity contribution is 9.09. The van der Waals surface area contributed by atoms with Crippen molar-refractivity contribution in [3.63, 3.8) is 0 Å². The van der Waals surface area contributed by atoms with Crippen molar-refractivity contribution in [2.45, 2.75) is 6.92 Å². The lowest BCUT2D eigenvalue weighted by molar-refractivity contribution is -0.385. The van der Waals surface area contributed by atoms with Crippen LogP contribution in [0.1, 0.15) is 11.3 Å². The standard InChI is InChI=1S/C9H6BrClN2O2/c1-6-7(3-2-4-10)5-8(13(14)15)9(11)12-6/h5H,4H2,1H3. The Balaban J connectivity index is 3.29. The summed E-state index contributed by atoms with van der Waals surface area (Å²) in [6.07, 6.45) is 0. The van der Waals surface area contributed by atoms with Crippen LogP contribution < -0.4 is 0 Å². The molecule has 0 fully saturated rings. The maximum atomic E-state index is 10.6. The van der Waals surface area contributed by atoms with Gasteiger partial charge >= 0.3 is 5.69 Å². The van der Waals surface area contributed by atoms with E-state index in [1.54, 1.807) is 6.92 Å². The zero-order valence-corrected chi connectivity index (χ0v) is 10.1. The summed E-state index contributed by atoms with van der Waals surface area (Å²) in [5.74, 6) is 5.51. The number of aryl methyl sites for hydroxylation is 1. The minimum absolute atomic E-state index is 0.109. The van der Waals surface area contributed by atoms with Gasteiger partial charge in [-0.15, -0.1) is 0 Å². The Morgan fingerprint density at radius 2 is 2.40 bits per heavy atom. The van der Waals surface area contributed by atoms with E-state index in [1.165, 1.54) is 6.07 Å². The number of rotatable bonds is 1. The predicted molar refractivity (Wildman–Crippen MR) is 61.3 cm³/mol. The number of alkyl halides is 1. The van der Waals surface area contributed by atoms with Gasteiger partial charge in [0.25, 0.3) is 0 Å². The van der Waals surface area contributed by atoms with Crippen LogP contribution in [0.2, 0.25) is 5.15 Å². The third kappa shape index (κ3) is 2.91.